The molecule has 0 bridgehead atoms. The highest BCUT2D eigenvalue weighted by molar-refractivity contribution is 5.05. The molecule has 2 aliphatic rings. The number of ether oxygens (including phenoxy) is 1. The second-order valence-corrected chi connectivity index (χ2v) is 4.70. The van der Waals surface area contributed by atoms with E-state index in [9.17, 15) is 0 Å². The fourth-order valence-electron chi connectivity index (χ4n) is 2.22. The van der Waals surface area contributed by atoms with Crippen LogP contribution < -0.4 is 0 Å². The summed E-state index contributed by atoms with van der Waals surface area (Å²) in [7, 11) is 2.22. The van der Waals surface area contributed by atoms with Crippen LogP contribution in [0, 0.1) is 0 Å². The summed E-state index contributed by atoms with van der Waals surface area (Å²) in [5, 5.41) is 0. The first-order valence-electron chi connectivity index (χ1n) is 5.17. The van der Waals surface area contributed by atoms with Crippen LogP contribution in [0.2, 0.25) is 0 Å². The molecule has 0 aromatic carbocycles. The molecule has 2 rings (SSSR count). The summed E-state index contributed by atoms with van der Waals surface area (Å²) in [6.45, 7) is 9.80. The van der Waals surface area contributed by atoms with Crippen molar-refractivity contribution in [1.29, 1.82) is 0 Å². The van der Waals surface area contributed by atoms with Crippen molar-refractivity contribution in [1.82, 2.24) is 9.80 Å². The molecule has 0 aromatic rings. The highest BCUT2D eigenvalue weighted by atomic mass is 16.5. The van der Waals surface area contributed by atoms with E-state index in [1.54, 1.807) is 0 Å². The van der Waals surface area contributed by atoms with Gasteiger partial charge in [0.1, 0.15) is 0 Å². The van der Waals surface area contributed by atoms with Gasteiger partial charge in [0.2, 0.25) is 0 Å². The molecule has 2 fully saturated rings. The zero-order chi connectivity index (χ0) is 9.47. The number of morpholine rings is 1. The summed E-state index contributed by atoms with van der Waals surface area (Å²) in [5.41, 5.74) is 0.350. The molecule has 2 heterocycles. The first kappa shape index (κ1) is 9.44. The molecule has 0 unspecified atom stereocenters. The van der Waals surface area contributed by atoms with E-state index >= 15 is 0 Å². The zero-order valence-electron chi connectivity index (χ0n) is 8.92. The van der Waals surface area contributed by atoms with E-state index in [-0.39, 0.29) is 0 Å². The summed E-state index contributed by atoms with van der Waals surface area (Å²) in [5.74, 6) is 0. The normalized spacial score (nSPS) is 29.5. The minimum atomic E-state index is 0.350. The molecule has 13 heavy (non-hydrogen) atoms. The van der Waals surface area contributed by atoms with E-state index in [1.165, 1.54) is 13.1 Å². The summed E-state index contributed by atoms with van der Waals surface area (Å²) in [6, 6.07) is 0.681. The molecule has 2 aliphatic heterocycles. The maximum absolute atomic E-state index is 5.56. The quantitative estimate of drug-likeness (QED) is 0.587. The minimum Gasteiger partial charge on any atom is -0.378 e. The Balaban J connectivity index is 1.93. The van der Waals surface area contributed by atoms with Gasteiger partial charge in [-0.1, -0.05) is 0 Å². The van der Waals surface area contributed by atoms with Crippen LogP contribution in [0.3, 0.4) is 0 Å². The zero-order valence-corrected chi connectivity index (χ0v) is 8.92. The van der Waals surface area contributed by atoms with E-state index in [1.807, 2.05) is 0 Å². The van der Waals surface area contributed by atoms with Crippen LogP contribution in [-0.2, 0) is 4.74 Å². The average molecular weight is 184 g/mol. The first-order chi connectivity index (χ1) is 6.14. The Kier molecular flexibility index (Phi) is 2.34. The highest BCUT2D eigenvalue weighted by Crippen LogP contribution is 2.30. The van der Waals surface area contributed by atoms with Gasteiger partial charge in [0, 0.05) is 25.7 Å². The van der Waals surface area contributed by atoms with Crippen LogP contribution in [0.25, 0.3) is 0 Å². The Morgan fingerprint density at radius 1 is 1.31 bits per heavy atom. The van der Waals surface area contributed by atoms with E-state index < -0.39 is 0 Å². The van der Waals surface area contributed by atoms with E-state index in [4.69, 9.17) is 4.74 Å². The lowest BCUT2D eigenvalue weighted by Crippen LogP contribution is -2.74. The molecule has 76 valence electrons. The Morgan fingerprint density at radius 2 is 2.00 bits per heavy atom. The minimum absolute atomic E-state index is 0.350. The molecule has 0 aromatic heterocycles. The lowest BCUT2D eigenvalue weighted by molar-refractivity contribution is -0.138. The van der Waals surface area contributed by atoms with Crippen LogP contribution >= 0.6 is 0 Å². The van der Waals surface area contributed by atoms with Gasteiger partial charge in [-0.2, -0.15) is 0 Å². The van der Waals surface area contributed by atoms with Crippen molar-refractivity contribution in [3.63, 3.8) is 0 Å². The summed E-state index contributed by atoms with van der Waals surface area (Å²) in [4.78, 5) is 4.97. The van der Waals surface area contributed by atoms with Gasteiger partial charge in [-0.3, -0.25) is 9.80 Å². The van der Waals surface area contributed by atoms with E-state index in [0.29, 0.717) is 11.6 Å². The fourth-order valence-corrected chi connectivity index (χ4v) is 2.22. The highest BCUT2D eigenvalue weighted by Gasteiger charge is 2.48. The van der Waals surface area contributed by atoms with Gasteiger partial charge >= 0.3 is 0 Å². The molecule has 0 N–H and O–H groups in total. The van der Waals surface area contributed by atoms with Crippen molar-refractivity contribution in [3.05, 3.63) is 0 Å². The van der Waals surface area contributed by atoms with Gasteiger partial charge in [0.05, 0.1) is 18.8 Å². The third kappa shape index (κ3) is 1.49. The molecule has 1 spiro atoms. The van der Waals surface area contributed by atoms with Crippen molar-refractivity contribution in [2.75, 3.05) is 39.9 Å². The van der Waals surface area contributed by atoms with Crippen molar-refractivity contribution in [2.24, 2.45) is 0 Å². The van der Waals surface area contributed by atoms with E-state index in [2.05, 4.69) is 30.7 Å². The van der Waals surface area contributed by atoms with Gasteiger partial charge in [-0.05, 0) is 20.9 Å². The predicted octanol–water partition coefficient (Wildman–Crippen LogP) is 0.411. The predicted molar refractivity (Wildman–Crippen MR) is 52.9 cm³/mol. The molecular formula is C10H20N2O. The van der Waals surface area contributed by atoms with Crippen molar-refractivity contribution < 1.29 is 4.74 Å². The Morgan fingerprint density at radius 3 is 2.54 bits per heavy atom. The SMILES string of the molecule is CC(C)N1CC2(COCCN2C)C1. The topological polar surface area (TPSA) is 15.7 Å². The Hall–Kier alpha value is -0.120. The summed E-state index contributed by atoms with van der Waals surface area (Å²) in [6.07, 6.45) is 0. The number of rotatable bonds is 1. The molecule has 3 nitrogen and oxygen atoms in total. The largest absolute Gasteiger partial charge is 0.378 e. The van der Waals surface area contributed by atoms with Crippen molar-refractivity contribution >= 4 is 0 Å². The van der Waals surface area contributed by atoms with Crippen LogP contribution in [0.4, 0.5) is 0 Å². The maximum Gasteiger partial charge on any atom is 0.0697 e. The monoisotopic (exact) mass is 184 g/mol. The molecule has 0 aliphatic carbocycles. The molecule has 0 radical (unpaired) electrons. The van der Waals surface area contributed by atoms with Crippen LogP contribution in [0.1, 0.15) is 13.8 Å². The Labute approximate surface area is 80.6 Å². The fraction of sp³-hybridized carbons (Fsp3) is 1.00. The van der Waals surface area contributed by atoms with E-state index in [0.717, 1.165) is 19.8 Å². The van der Waals surface area contributed by atoms with Crippen LogP contribution in [0.5, 0.6) is 0 Å². The van der Waals surface area contributed by atoms with Gasteiger partial charge < -0.3 is 4.74 Å². The number of likely N-dealkylation sites (tertiary alicyclic amines) is 1. The summed E-state index contributed by atoms with van der Waals surface area (Å²) >= 11 is 0. The number of likely N-dealkylation sites (N-methyl/N-ethyl adjacent to an activating group) is 1. The molecule has 0 amide bonds. The Bertz CT molecular complexity index is 187. The standard InChI is InChI=1S/C10H20N2O/c1-9(2)12-6-10(7-12)8-13-5-4-11(10)3/h9H,4-8H2,1-3H3. The molecular weight excluding hydrogens is 164 g/mol. The number of hydrogen-bond acceptors (Lipinski definition) is 3. The lowest BCUT2D eigenvalue weighted by Gasteiger charge is -2.58. The molecule has 0 saturated carbocycles. The molecule has 0 atom stereocenters. The average Bonchev–Trinajstić information content (AvgIpc) is 2.01. The maximum atomic E-state index is 5.56. The smallest absolute Gasteiger partial charge is 0.0697 e. The lowest BCUT2D eigenvalue weighted by atomic mass is 9.87. The second kappa shape index (κ2) is 3.23. The van der Waals surface area contributed by atoms with Gasteiger partial charge in [-0.25, -0.2) is 0 Å². The van der Waals surface area contributed by atoms with Crippen LogP contribution in [-0.4, -0.2) is 61.3 Å². The van der Waals surface area contributed by atoms with Crippen LogP contribution in [0.15, 0.2) is 0 Å². The third-order valence-electron chi connectivity index (χ3n) is 3.48. The van der Waals surface area contributed by atoms with Gasteiger partial charge in [0.25, 0.3) is 0 Å². The van der Waals surface area contributed by atoms with Crippen molar-refractivity contribution in [2.45, 2.75) is 25.4 Å². The molecule has 2 saturated heterocycles. The number of hydrogen-bond donors (Lipinski definition) is 0. The van der Waals surface area contributed by atoms with Gasteiger partial charge in [-0.15, -0.1) is 0 Å². The first-order valence-corrected chi connectivity index (χ1v) is 5.17. The molecule has 3 heteroatoms. The van der Waals surface area contributed by atoms with Crippen molar-refractivity contribution in [3.8, 4) is 0 Å². The van der Waals surface area contributed by atoms with Gasteiger partial charge in [0.15, 0.2) is 0 Å². The second-order valence-electron chi connectivity index (χ2n) is 4.70. The number of nitrogens with zero attached hydrogens (tertiary/aromatic N) is 2. The third-order valence-corrected chi connectivity index (χ3v) is 3.48. The summed E-state index contributed by atoms with van der Waals surface area (Å²) < 4.78 is 5.56.